The average molecular weight is 160 g/mol. The predicted molar refractivity (Wildman–Crippen MR) is 39.8 cm³/mol. The van der Waals surface area contributed by atoms with Crippen molar-refractivity contribution in [3.05, 3.63) is 11.9 Å². The first-order valence-corrected chi connectivity index (χ1v) is 3.65. The third-order valence-corrected chi connectivity index (χ3v) is 1.45. The van der Waals surface area contributed by atoms with Crippen LogP contribution >= 0.6 is 0 Å². The van der Waals surface area contributed by atoms with E-state index in [1.54, 1.807) is 0 Å². The molecule has 0 radical (unpaired) electrons. The molecule has 0 bridgehead atoms. The highest BCUT2D eigenvalue weighted by molar-refractivity contribution is 4.96. The topological polar surface area (TPSA) is 18.5 Å². The van der Waals surface area contributed by atoms with Gasteiger partial charge in [-0.05, 0) is 26.8 Å². The monoisotopic (exact) mass is 160 g/mol. The molecule has 0 aromatic carbocycles. The SMILES string of the molecule is C/C(F)=C/C1COC(C)(C)O1. The molecule has 1 unspecified atom stereocenters. The lowest BCUT2D eigenvalue weighted by Crippen LogP contribution is -2.20. The minimum Gasteiger partial charge on any atom is -0.347 e. The lowest BCUT2D eigenvalue weighted by Gasteiger charge is -2.15. The smallest absolute Gasteiger partial charge is 0.163 e. The first kappa shape index (κ1) is 8.68. The van der Waals surface area contributed by atoms with Crippen molar-refractivity contribution in [3.63, 3.8) is 0 Å². The largest absolute Gasteiger partial charge is 0.347 e. The second-order valence-corrected chi connectivity index (χ2v) is 3.12. The summed E-state index contributed by atoms with van der Waals surface area (Å²) in [4.78, 5) is 0. The van der Waals surface area contributed by atoms with Gasteiger partial charge in [0.05, 0.1) is 12.4 Å². The fourth-order valence-electron chi connectivity index (χ4n) is 1.05. The second-order valence-electron chi connectivity index (χ2n) is 3.12. The summed E-state index contributed by atoms with van der Waals surface area (Å²) in [7, 11) is 0. The molecule has 1 heterocycles. The van der Waals surface area contributed by atoms with Gasteiger partial charge in [-0.15, -0.1) is 0 Å². The van der Waals surface area contributed by atoms with Crippen molar-refractivity contribution < 1.29 is 13.9 Å². The van der Waals surface area contributed by atoms with Crippen LogP contribution in [-0.2, 0) is 9.47 Å². The second kappa shape index (κ2) is 2.91. The van der Waals surface area contributed by atoms with Gasteiger partial charge in [-0.3, -0.25) is 0 Å². The highest BCUT2D eigenvalue weighted by atomic mass is 19.1. The van der Waals surface area contributed by atoms with E-state index in [4.69, 9.17) is 9.47 Å². The van der Waals surface area contributed by atoms with Gasteiger partial charge in [-0.25, -0.2) is 4.39 Å². The molecule has 1 rings (SSSR count). The van der Waals surface area contributed by atoms with Crippen molar-refractivity contribution in [2.75, 3.05) is 6.61 Å². The van der Waals surface area contributed by atoms with Crippen LogP contribution in [0.25, 0.3) is 0 Å². The molecular weight excluding hydrogens is 147 g/mol. The maximum Gasteiger partial charge on any atom is 0.163 e. The summed E-state index contributed by atoms with van der Waals surface area (Å²) < 4.78 is 22.9. The Balaban J connectivity index is 2.49. The van der Waals surface area contributed by atoms with Crippen LogP contribution in [0.5, 0.6) is 0 Å². The van der Waals surface area contributed by atoms with Crippen molar-refractivity contribution in [2.45, 2.75) is 32.7 Å². The molecule has 1 saturated heterocycles. The molecule has 0 aliphatic carbocycles. The van der Waals surface area contributed by atoms with Crippen molar-refractivity contribution in [1.82, 2.24) is 0 Å². The van der Waals surface area contributed by atoms with Crippen LogP contribution in [0.1, 0.15) is 20.8 Å². The minimum atomic E-state index is -0.559. The molecule has 0 aromatic rings. The van der Waals surface area contributed by atoms with Crippen LogP contribution in [0, 0.1) is 0 Å². The third-order valence-electron chi connectivity index (χ3n) is 1.45. The van der Waals surface area contributed by atoms with Crippen molar-refractivity contribution in [3.8, 4) is 0 Å². The van der Waals surface area contributed by atoms with Crippen LogP contribution in [0.2, 0.25) is 0 Å². The Morgan fingerprint density at radius 3 is 2.64 bits per heavy atom. The van der Waals surface area contributed by atoms with Gasteiger partial charge in [-0.2, -0.15) is 0 Å². The van der Waals surface area contributed by atoms with E-state index < -0.39 is 5.79 Å². The lowest BCUT2D eigenvalue weighted by molar-refractivity contribution is -0.133. The minimum absolute atomic E-state index is 0.226. The van der Waals surface area contributed by atoms with E-state index in [0.717, 1.165) is 0 Å². The molecule has 3 heteroatoms. The Kier molecular flexibility index (Phi) is 2.30. The molecule has 0 N–H and O–H groups in total. The van der Waals surface area contributed by atoms with E-state index in [-0.39, 0.29) is 11.9 Å². The summed E-state index contributed by atoms with van der Waals surface area (Å²) in [5.41, 5.74) is 0. The molecule has 1 atom stereocenters. The summed E-state index contributed by atoms with van der Waals surface area (Å²) >= 11 is 0. The Morgan fingerprint density at radius 1 is 1.64 bits per heavy atom. The summed E-state index contributed by atoms with van der Waals surface area (Å²) in [6.45, 7) is 5.46. The highest BCUT2D eigenvalue weighted by Gasteiger charge is 2.31. The summed E-state index contributed by atoms with van der Waals surface area (Å²) in [5, 5.41) is 0. The Bertz CT molecular complexity index is 171. The Labute approximate surface area is 66.0 Å². The van der Waals surface area contributed by atoms with E-state index in [9.17, 15) is 4.39 Å². The molecule has 1 fully saturated rings. The summed E-state index contributed by atoms with van der Waals surface area (Å²) in [6, 6.07) is 0. The highest BCUT2D eigenvalue weighted by Crippen LogP contribution is 2.23. The zero-order valence-corrected chi connectivity index (χ0v) is 7.06. The summed E-state index contributed by atoms with van der Waals surface area (Å²) in [6.07, 6.45) is 1.20. The standard InChI is InChI=1S/C8H13FO2/c1-6(9)4-7-5-10-8(2,3)11-7/h4,7H,5H2,1-3H3/b6-4-. The van der Waals surface area contributed by atoms with Crippen LogP contribution in [0.4, 0.5) is 4.39 Å². The molecule has 2 nitrogen and oxygen atoms in total. The van der Waals surface area contributed by atoms with Gasteiger partial charge in [0, 0.05) is 0 Å². The number of hydrogen-bond donors (Lipinski definition) is 0. The first-order chi connectivity index (χ1) is 4.99. The van der Waals surface area contributed by atoms with Gasteiger partial charge in [0.1, 0.15) is 6.10 Å². The normalized spacial score (nSPS) is 30.9. The molecule has 1 aliphatic heterocycles. The fourth-order valence-corrected chi connectivity index (χ4v) is 1.05. The van der Waals surface area contributed by atoms with Crippen molar-refractivity contribution >= 4 is 0 Å². The summed E-state index contributed by atoms with van der Waals surface area (Å²) in [5.74, 6) is -0.785. The Morgan fingerprint density at radius 2 is 2.27 bits per heavy atom. The number of allylic oxidation sites excluding steroid dienone is 1. The molecule has 0 aromatic heterocycles. The zero-order chi connectivity index (χ0) is 8.48. The number of ether oxygens (including phenoxy) is 2. The number of halogens is 1. The van der Waals surface area contributed by atoms with Crippen LogP contribution < -0.4 is 0 Å². The number of hydrogen-bond acceptors (Lipinski definition) is 2. The van der Waals surface area contributed by atoms with Gasteiger partial charge in [-0.1, -0.05) is 0 Å². The van der Waals surface area contributed by atoms with Crippen molar-refractivity contribution in [1.29, 1.82) is 0 Å². The molecule has 1 aliphatic rings. The Hall–Kier alpha value is -0.410. The maximum atomic E-state index is 12.3. The van der Waals surface area contributed by atoms with E-state index >= 15 is 0 Å². The van der Waals surface area contributed by atoms with Gasteiger partial charge in [0.15, 0.2) is 5.79 Å². The van der Waals surface area contributed by atoms with Crippen LogP contribution in [-0.4, -0.2) is 18.5 Å². The van der Waals surface area contributed by atoms with Crippen LogP contribution in [0.15, 0.2) is 11.9 Å². The molecule has 0 spiro atoms. The van der Waals surface area contributed by atoms with E-state index in [0.29, 0.717) is 6.61 Å². The first-order valence-electron chi connectivity index (χ1n) is 3.65. The van der Waals surface area contributed by atoms with Gasteiger partial charge in [0.2, 0.25) is 0 Å². The molecule has 64 valence electrons. The fraction of sp³-hybridized carbons (Fsp3) is 0.750. The predicted octanol–water partition coefficient (Wildman–Crippen LogP) is 2.01. The van der Waals surface area contributed by atoms with Gasteiger partial charge in [0.25, 0.3) is 0 Å². The molecule has 0 amide bonds. The lowest BCUT2D eigenvalue weighted by atomic mass is 10.3. The third kappa shape index (κ3) is 2.60. The van der Waals surface area contributed by atoms with Gasteiger partial charge < -0.3 is 9.47 Å². The van der Waals surface area contributed by atoms with Gasteiger partial charge >= 0.3 is 0 Å². The maximum absolute atomic E-state index is 12.3. The van der Waals surface area contributed by atoms with E-state index in [1.807, 2.05) is 13.8 Å². The van der Waals surface area contributed by atoms with E-state index in [1.165, 1.54) is 13.0 Å². The zero-order valence-electron chi connectivity index (χ0n) is 7.06. The molecule has 0 saturated carbocycles. The average Bonchev–Trinajstić information content (AvgIpc) is 2.08. The molecule has 11 heavy (non-hydrogen) atoms. The molecular formula is C8H13FO2. The van der Waals surface area contributed by atoms with Crippen LogP contribution in [0.3, 0.4) is 0 Å². The number of rotatable bonds is 1. The quantitative estimate of drug-likeness (QED) is 0.584. The van der Waals surface area contributed by atoms with E-state index in [2.05, 4.69) is 0 Å². The van der Waals surface area contributed by atoms with Crippen molar-refractivity contribution in [2.24, 2.45) is 0 Å².